The highest BCUT2D eigenvalue weighted by atomic mass is 32.3. The van der Waals surface area contributed by atoms with Crippen molar-refractivity contribution in [3.05, 3.63) is 0 Å². The largest absolute Gasteiger partial charge is 1.00 e. The van der Waals surface area contributed by atoms with E-state index in [-0.39, 0.29) is 1.43 Å². The molecule has 0 saturated carbocycles. The van der Waals surface area contributed by atoms with Gasteiger partial charge in [0.15, 0.2) is 0 Å². The first-order valence-electron chi connectivity index (χ1n) is 4.18. The lowest BCUT2D eigenvalue weighted by molar-refractivity contribution is -0.904. The van der Waals surface area contributed by atoms with Crippen LogP contribution in [0.4, 0.5) is 0 Å². The van der Waals surface area contributed by atoms with E-state index in [0.29, 0.717) is 0 Å². The van der Waals surface area contributed by atoms with Crippen molar-refractivity contribution in [1.82, 2.24) is 0 Å². The highest BCUT2D eigenvalue weighted by molar-refractivity contribution is 7.79. The smallest absolute Gasteiger partial charge is 0.759 e. The average molecular weight is 213 g/mol. The van der Waals surface area contributed by atoms with Crippen molar-refractivity contribution in [3.8, 4) is 0 Å². The Morgan fingerprint density at radius 2 is 1.23 bits per heavy atom. The molecule has 0 aromatic rings. The molecule has 0 aromatic heterocycles. The molecule has 6 heteroatoms. The number of rotatable bonds is 3. The van der Waals surface area contributed by atoms with Gasteiger partial charge in [-0.05, 0) is 20.8 Å². The van der Waals surface area contributed by atoms with E-state index in [2.05, 4.69) is 27.8 Å². The van der Waals surface area contributed by atoms with Gasteiger partial charge in [0.05, 0.1) is 26.7 Å². The fourth-order valence-corrected chi connectivity index (χ4v) is 0.671. The van der Waals surface area contributed by atoms with Gasteiger partial charge < -0.3 is 13.6 Å². The number of quaternary nitrogens is 1. The minimum atomic E-state index is -5.17. The van der Waals surface area contributed by atoms with E-state index < -0.39 is 10.4 Å². The van der Waals surface area contributed by atoms with Crippen molar-refractivity contribution >= 4 is 10.4 Å². The van der Waals surface area contributed by atoms with Crippen LogP contribution in [0.25, 0.3) is 0 Å². The summed E-state index contributed by atoms with van der Waals surface area (Å²) < 4.78 is 35.3. The first-order chi connectivity index (χ1) is 5.68. The first-order valence-corrected chi connectivity index (χ1v) is 5.52. The van der Waals surface area contributed by atoms with E-state index in [1.165, 1.54) is 24.1 Å². The molecule has 5 nitrogen and oxygen atoms in total. The lowest BCUT2D eigenvalue weighted by Gasteiger charge is -2.30. The van der Waals surface area contributed by atoms with E-state index in [9.17, 15) is 0 Å². The van der Waals surface area contributed by atoms with Crippen LogP contribution in [0.1, 0.15) is 22.2 Å². The van der Waals surface area contributed by atoms with Crippen molar-refractivity contribution in [3.63, 3.8) is 0 Å². The second-order valence-electron chi connectivity index (χ2n) is 2.98. The fraction of sp³-hybridized carbons (Fsp3) is 1.00. The topological polar surface area (TPSA) is 80.3 Å². The maximum Gasteiger partial charge on any atom is 1.00 e. The molecule has 0 radical (unpaired) electrons. The summed E-state index contributed by atoms with van der Waals surface area (Å²) in [5.74, 6) is 0. The normalized spacial score (nSPS) is 11.8. The highest BCUT2D eigenvalue weighted by Gasteiger charge is 2.10. The van der Waals surface area contributed by atoms with Crippen LogP contribution in [0.3, 0.4) is 0 Å². The van der Waals surface area contributed by atoms with Crippen LogP contribution in [0.2, 0.25) is 0 Å². The lowest BCUT2D eigenvalue weighted by atomic mass is 10.4. The molecule has 82 valence electrons. The van der Waals surface area contributed by atoms with Crippen molar-refractivity contribution in [2.45, 2.75) is 20.8 Å². The second-order valence-corrected chi connectivity index (χ2v) is 3.79. The molecule has 0 rings (SSSR count). The molecular formula is C7H19NO4S. The summed E-state index contributed by atoms with van der Waals surface area (Å²) in [6.45, 7) is 10.5. The Labute approximate surface area is 82.0 Å². The molecule has 0 amide bonds. The van der Waals surface area contributed by atoms with Crippen LogP contribution < -0.4 is 0 Å². The van der Waals surface area contributed by atoms with Gasteiger partial charge in [-0.1, -0.05) is 0 Å². The summed E-state index contributed by atoms with van der Waals surface area (Å²) in [6, 6.07) is 0. The van der Waals surface area contributed by atoms with Crippen LogP contribution in [0.5, 0.6) is 0 Å². The highest BCUT2D eigenvalue weighted by Crippen LogP contribution is 1.97. The van der Waals surface area contributed by atoms with Crippen LogP contribution in [-0.2, 0) is 10.4 Å². The summed E-state index contributed by atoms with van der Waals surface area (Å²) in [4.78, 5) is 0. The molecule has 0 aliphatic carbocycles. The van der Waals surface area contributed by atoms with Gasteiger partial charge >= 0.3 is 1.43 Å². The summed E-state index contributed by atoms with van der Waals surface area (Å²) in [6.07, 6.45) is 0. The Hall–Kier alpha value is -0.170. The third-order valence-electron chi connectivity index (χ3n) is 2.29. The minimum absolute atomic E-state index is 0. The van der Waals surface area contributed by atoms with Crippen LogP contribution in [0, 0.1) is 0 Å². The molecule has 0 saturated heterocycles. The Balaban J connectivity index is -0.000000177. The van der Waals surface area contributed by atoms with Gasteiger partial charge in [0.2, 0.25) is 0 Å². The summed E-state index contributed by atoms with van der Waals surface area (Å²) >= 11 is 0. The number of hydrogen-bond donors (Lipinski definition) is 0. The Kier molecular flexibility index (Phi) is 7.43. The third-order valence-corrected chi connectivity index (χ3v) is 2.29. The van der Waals surface area contributed by atoms with Crippen molar-refractivity contribution in [2.24, 2.45) is 0 Å². The molecule has 13 heavy (non-hydrogen) atoms. The molecule has 0 bridgehead atoms. The van der Waals surface area contributed by atoms with Gasteiger partial charge in [0.1, 0.15) is 0 Å². The van der Waals surface area contributed by atoms with Gasteiger partial charge in [0.25, 0.3) is 0 Å². The predicted octanol–water partition coefficient (Wildman–Crippen LogP) is 0.267. The predicted molar refractivity (Wildman–Crippen MR) is 49.4 cm³/mol. The van der Waals surface area contributed by atoms with Crippen LogP contribution in [-0.4, -0.2) is 48.7 Å². The maximum absolute atomic E-state index is 8.52. The average Bonchev–Trinajstić information content (AvgIpc) is 2.00. The molecule has 0 fully saturated rings. The quantitative estimate of drug-likeness (QED) is 0.383. The Morgan fingerprint density at radius 1 is 1.08 bits per heavy atom. The Bertz CT molecular complexity index is 197. The second kappa shape index (κ2) is 6.31. The van der Waals surface area contributed by atoms with E-state index in [4.69, 9.17) is 17.5 Å². The van der Waals surface area contributed by atoms with E-state index in [1.54, 1.807) is 0 Å². The molecule has 0 aliphatic rings. The lowest BCUT2D eigenvalue weighted by Crippen LogP contribution is -2.42. The fourth-order valence-electron chi connectivity index (χ4n) is 0.671. The molecule has 0 aromatic carbocycles. The molecule has 0 spiro atoms. The number of hydrogen-bond acceptors (Lipinski definition) is 4. The molecule has 0 heterocycles. The summed E-state index contributed by atoms with van der Waals surface area (Å²) in [5.41, 5.74) is 0. The van der Waals surface area contributed by atoms with Crippen molar-refractivity contribution in [1.29, 1.82) is 0 Å². The minimum Gasteiger partial charge on any atom is -0.759 e. The van der Waals surface area contributed by atoms with Crippen LogP contribution >= 0.6 is 0 Å². The van der Waals surface area contributed by atoms with Gasteiger partial charge in [0, 0.05) is 10.4 Å². The van der Waals surface area contributed by atoms with Gasteiger partial charge in [-0.15, -0.1) is 0 Å². The standard InChI is InChI=1S/C7H18N.H2O4S/c1-5-8(4,6-2)7-3;1-5(2,3)4/h5-7H2,1-4H3;(H2,1,2,3,4)/q+1;/p-1. The third kappa shape index (κ3) is 14.7. The van der Waals surface area contributed by atoms with Gasteiger partial charge in [-0.3, -0.25) is 8.42 Å². The zero-order valence-electron chi connectivity index (χ0n) is 9.61. The van der Waals surface area contributed by atoms with E-state index in [0.717, 1.165) is 0 Å². The SMILES string of the molecule is CC[N+](C)(CC)CC.O=S(=O)([O-])[O-].[H+]. The van der Waals surface area contributed by atoms with E-state index in [1.807, 2.05) is 0 Å². The van der Waals surface area contributed by atoms with E-state index >= 15 is 0 Å². The van der Waals surface area contributed by atoms with Crippen LogP contribution in [0.15, 0.2) is 0 Å². The van der Waals surface area contributed by atoms with Gasteiger partial charge in [-0.2, -0.15) is 0 Å². The number of nitrogens with zero attached hydrogens (tertiary/aromatic N) is 1. The van der Waals surface area contributed by atoms with Crippen molar-refractivity contribution < 1.29 is 23.4 Å². The summed E-state index contributed by atoms with van der Waals surface area (Å²) in [5, 5.41) is 0. The monoisotopic (exact) mass is 213 g/mol. The van der Waals surface area contributed by atoms with Crippen molar-refractivity contribution in [2.75, 3.05) is 26.7 Å². The molecule has 0 unspecified atom stereocenters. The Morgan fingerprint density at radius 3 is 1.23 bits per heavy atom. The molecule has 0 atom stereocenters. The van der Waals surface area contributed by atoms with Gasteiger partial charge in [-0.25, -0.2) is 0 Å². The zero-order chi connectivity index (χ0) is 11.1. The molecule has 0 aliphatic heterocycles. The first kappa shape index (κ1) is 15.3. The zero-order valence-corrected chi connectivity index (χ0v) is 9.43. The molecular weight excluding hydrogens is 194 g/mol. The summed E-state index contributed by atoms with van der Waals surface area (Å²) in [7, 11) is -2.87. The molecule has 0 N–H and O–H groups in total. The maximum atomic E-state index is 8.52.